The van der Waals surface area contributed by atoms with Gasteiger partial charge < -0.3 is 15.0 Å². The van der Waals surface area contributed by atoms with E-state index in [1.165, 1.54) is 49.0 Å². The molecular weight excluding hydrogens is 448 g/mol. The van der Waals surface area contributed by atoms with Crippen LogP contribution in [0.3, 0.4) is 0 Å². The second kappa shape index (κ2) is 10.8. The van der Waals surface area contributed by atoms with Crippen LogP contribution in [-0.2, 0) is 16.0 Å². The molecule has 1 N–H and O–H groups in total. The van der Waals surface area contributed by atoms with Crippen molar-refractivity contribution in [2.45, 2.75) is 89.6 Å². The first-order chi connectivity index (χ1) is 16.3. The van der Waals surface area contributed by atoms with E-state index in [2.05, 4.69) is 27.6 Å². The summed E-state index contributed by atoms with van der Waals surface area (Å²) in [6, 6.07) is 8.26. The average molecular weight is 485 g/mol. The fourth-order valence-electron chi connectivity index (χ4n) is 4.83. The normalized spacial score (nSPS) is 18.0. The Hall–Kier alpha value is -2.48. The van der Waals surface area contributed by atoms with Crippen molar-refractivity contribution < 1.29 is 14.3 Å². The Morgan fingerprint density at radius 1 is 1.06 bits per heavy atom. The van der Waals surface area contributed by atoms with Crippen molar-refractivity contribution in [3.05, 3.63) is 40.4 Å². The largest absolute Gasteiger partial charge is 0.444 e. The summed E-state index contributed by atoms with van der Waals surface area (Å²) in [6.07, 6.45) is 8.01. The molecule has 2 aromatic rings. The van der Waals surface area contributed by atoms with E-state index in [0.29, 0.717) is 36.5 Å². The van der Waals surface area contributed by atoms with Crippen molar-refractivity contribution in [3.8, 4) is 0 Å². The van der Waals surface area contributed by atoms with Crippen LogP contribution in [0.15, 0.2) is 24.3 Å². The monoisotopic (exact) mass is 484 g/mol. The van der Waals surface area contributed by atoms with Gasteiger partial charge in [0.25, 0.3) is 0 Å². The van der Waals surface area contributed by atoms with Gasteiger partial charge in [0.05, 0.1) is 6.42 Å². The molecule has 2 aliphatic rings. The van der Waals surface area contributed by atoms with E-state index in [4.69, 9.17) is 4.74 Å². The molecule has 8 heteroatoms. The Labute approximate surface area is 206 Å². The Morgan fingerprint density at radius 3 is 2.50 bits per heavy atom. The van der Waals surface area contributed by atoms with Gasteiger partial charge in [-0.1, -0.05) is 54.9 Å². The van der Waals surface area contributed by atoms with E-state index in [9.17, 15) is 9.59 Å². The quantitative estimate of drug-likeness (QED) is 0.573. The molecule has 1 aromatic carbocycles. The standard InChI is InChI=1S/C26H36N4O3S/c1-26(2,3)33-25(32)30-14-12-19(13-15-30)21-11-7-8-18(16-21)17-22(31)27-24-29-28-23(34-24)20-9-5-4-6-10-20/h7-8,11,16,19-20H,4-6,9-10,12-15,17H2,1-3H3,(H,27,29,31). The molecule has 0 bridgehead atoms. The topological polar surface area (TPSA) is 84.4 Å². The van der Waals surface area contributed by atoms with Gasteiger partial charge in [-0.25, -0.2) is 4.79 Å². The van der Waals surface area contributed by atoms with E-state index < -0.39 is 5.60 Å². The van der Waals surface area contributed by atoms with Crippen molar-refractivity contribution in [3.63, 3.8) is 0 Å². The minimum atomic E-state index is -0.477. The van der Waals surface area contributed by atoms with Crippen LogP contribution in [0.25, 0.3) is 0 Å². The van der Waals surface area contributed by atoms with Gasteiger partial charge in [0, 0.05) is 19.0 Å². The third-order valence-corrected chi connectivity index (χ3v) is 7.58. The van der Waals surface area contributed by atoms with Crippen LogP contribution < -0.4 is 5.32 Å². The highest BCUT2D eigenvalue weighted by atomic mass is 32.1. The molecule has 184 valence electrons. The average Bonchev–Trinajstić information content (AvgIpc) is 3.27. The molecule has 0 atom stereocenters. The summed E-state index contributed by atoms with van der Waals surface area (Å²) in [6.45, 7) is 7.04. The van der Waals surface area contributed by atoms with Crippen molar-refractivity contribution in [1.82, 2.24) is 15.1 Å². The summed E-state index contributed by atoms with van der Waals surface area (Å²) in [5.74, 6) is 0.807. The van der Waals surface area contributed by atoms with E-state index in [1.807, 2.05) is 32.9 Å². The van der Waals surface area contributed by atoms with Crippen LogP contribution in [-0.4, -0.2) is 45.8 Å². The van der Waals surface area contributed by atoms with Crippen LogP contribution in [0.2, 0.25) is 0 Å². The third-order valence-electron chi connectivity index (χ3n) is 6.58. The van der Waals surface area contributed by atoms with E-state index in [0.717, 1.165) is 23.4 Å². The molecule has 7 nitrogen and oxygen atoms in total. The third kappa shape index (κ3) is 6.78. The SMILES string of the molecule is CC(C)(C)OC(=O)N1CCC(c2cccc(CC(=O)Nc3nnc(C4CCCCC4)s3)c2)CC1. The summed E-state index contributed by atoms with van der Waals surface area (Å²) < 4.78 is 5.50. The lowest BCUT2D eigenvalue weighted by molar-refractivity contribution is -0.115. The summed E-state index contributed by atoms with van der Waals surface area (Å²) in [5.41, 5.74) is 1.74. The molecule has 2 heterocycles. The number of rotatable bonds is 5. The maximum atomic E-state index is 12.7. The molecule has 4 rings (SSSR count). The Morgan fingerprint density at radius 2 is 1.79 bits per heavy atom. The smallest absolute Gasteiger partial charge is 0.410 e. The van der Waals surface area contributed by atoms with Crippen molar-refractivity contribution in [2.75, 3.05) is 18.4 Å². The molecule has 1 saturated carbocycles. The van der Waals surface area contributed by atoms with E-state index >= 15 is 0 Å². The van der Waals surface area contributed by atoms with E-state index in [-0.39, 0.29) is 12.0 Å². The number of carbonyl (C=O) groups is 2. The van der Waals surface area contributed by atoms with E-state index in [1.54, 1.807) is 4.90 Å². The highest BCUT2D eigenvalue weighted by Gasteiger charge is 2.27. The number of ether oxygens (including phenoxy) is 1. The van der Waals surface area contributed by atoms with Crippen LogP contribution in [0, 0.1) is 0 Å². The predicted octanol–water partition coefficient (Wildman–Crippen LogP) is 5.88. The van der Waals surface area contributed by atoms with Gasteiger partial charge in [-0.2, -0.15) is 0 Å². The van der Waals surface area contributed by atoms with Gasteiger partial charge in [-0.15, -0.1) is 10.2 Å². The number of carbonyl (C=O) groups excluding carboxylic acids is 2. The molecule has 1 aromatic heterocycles. The second-order valence-electron chi connectivity index (χ2n) is 10.5. The number of nitrogens with zero attached hydrogens (tertiary/aromatic N) is 3. The fraction of sp³-hybridized carbons (Fsp3) is 0.615. The van der Waals surface area contributed by atoms with Crippen molar-refractivity contribution in [2.24, 2.45) is 0 Å². The fourth-order valence-corrected chi connectivity index (χ4v) is 5.76. The Balaban J connectivity index is 1.29. The summed E-state index contributed by atoms with van der Waals surface area (Å²) >= 11 is 1.51. The number of hydrogen-bond acceptors (Lipinski definition) is 6. The lowest BCUT2D eigenvalue weighted by Gasteiger charge is -2.33. The predicted molar refractivity (Wildman–Crippen MR) is 134 cm³/mol. The van der Waals surface area contributed by atoms with Crippen LogP contribution in [0.4, 0.5) is 9.93 Å². The Bertz CT molecular complexity index is 986. The molecule has 1 aliphatic carbocycles. The summed E-state index contributed by atoms with van der Waals surface area (Å²) in [5, 5.41) is 13.1. The van der Waals surface area contributed by atoms with Gasteiger partial charge >= 0.3 is 6.09 Å². The molecule has 0 unspecified atom stereocenters. The molecule has 0 radical (unpaired) electrons. The molecule has 0 spiro atoms. The molecule has 34 heavy (non-hydrogen) atoms. The van der Waals surface area contributed by atoms with Gasteiger partial charge in [-0.05, 0) is 63.5 Å². The number of benzene rings is 1. The highest BCUT2D eigenvalue weighted by Crippen LogP contribution is 2.35. The minimum absolute atomic E-state index is 0.0664. The first-order valence-corrected chi connectivity index (χ1v) is 13.3. The number of piperidine rings is 1. The van der Waals surface area contributed by atoms with Crippen molar-refractivity contribution in [1.29, 1.82) is 0 Å². The zero-order valence-electron chi connectivity index (χ0n) is 20.5. The number of aromatic nitrogens is 2. The zero-order valence-corrected chi connectivity index (χ0v) is 21.3. The number of hydrogen-bond donors (Lipinski definition) is 1. The van der Waals surface area contributed by atoms with Gasteiger partial charge in [-0.3, -0.25) is 4.79 Å². The first kappa shape index (κ1) is 24.6. The highest BCUT2D eigenvalue weighted by molar-refractivity contribution is 7.15. The van der Waals surface area contributed by atoms with Crippen LogP contribution in [0.1, 0.15) is 93.7 Å². The summed E-state index contributed by atoms with van der Waals surface area (Å²) in [4.78, 5) is 26.8. The van der Waals surface area contributed by atoms with Gasteiger partial charge in [0.15, 0.2) is 0 Å². The summed E-state index contributed by atoms with van der Waals surface area (Å²) in [7, 11) is 0. The van der Waals surface area contributed by atoms with Gasteiger partial charge in [0.2, 0.25) is 11.0 Å². The lowest BCUT2D eigenvalue weighted by Crippen LogP contribution is -2.41. The van der Waals surface area contributed by atoms with Crippen LogP contribution >= 0.6 is 11.3 Å². The number of nitrogens with one attached hydrogen (secondary N) is 1. The first-order valence-electron chi connectivity index (χ1n) is 12.5. The zero-order chi connectivity index (χ0) is 24.1. The molecule has 2 fully saturated rings. The number of amides is 2. The Kier molecular flexibility index (Phi) is 7.86. The molecule has 2 amide bonds. The number of anilines is 1. The number of likely N-dealkylation sites (tertiary alicyclic amines) is 1. The molecule has 1 saturated heterocycles. The minimum Gasteiger partial charge on any atom is -0.444 e. The van der Waals surface area contributed by atoms with Crippen molar-refractivity contribution >= 4 is 28.5 Å². The van der Waals surface area contributed by atoms with Gasteiger partial charge in [0.1, 0.15) is 10.6 Å². The lowest BCUT2D eigenvalue weighted by atomic mass is 9.88. The van der Waals surface area contributed by atoms with Crippen LogP contribution in [0.5, 0.6) is 0 Å². The molecular formula is C26H36N4O3S. The maximum absolute atomic E-state index is 12.7. The molecule has 1 aliphatic heterocycles. The second-order valence-corrected chi connectivity index (χ2v) is 11.5. The maximum Gasteiger partial charge on any atom is 0.410 e.